The van der Waals surface area contributed by atoms with Crippen LogP contribution in [0.1, 0.15) is 11.1 Å². The summed E-state index contributed by atoms with van der Waals surface area (Å²) in [5, 5.41) is 4.33. The molecule has 2 nitrogen and oxygen atoms in total. The van der Waals surface area contributed by atoms with Gasteiger partial charge in [-0.3, -0.25) is 5.43 Å². The van der Waals surface area contributed by atoms with E-state index < -0.39 is 11.7 Å². The Morgan fingerprint density at radius 3 is 2.33 bits per heavy atom. The highest BCUT2D eigenvalue weighted by atomic mass is 35.5. The van der Waals surface area contributed by atoms with Crippen molar-refractivity contribution in [3.63, 3.8) is 0 Å². The number of anilines is 1. The maximum Gasteiger partial charge on any atom is 0.416 e. The van der Waals surface area contributed by atoms with Gasteiger partial charge in [0.2, 0.25) is 0 Å². The van der Waals surface area contributed by atoms with E-state index in [1.807, 2.05) is 0 Å². The van der Waals surface area contributed by atoms with E-state index in [1.165, 1.54) is 12.1 Å². The molecule has 0 saturated carbocycles. The molecule has 0 radical (unpaired) electrons. The van der Waals surface area contributed by atoms with Crippen LogP contribution >= 0.6 is 23.2 Å². The van der Waals surface area contributed by atoms with Crippen molar-refractivity contribution in [2.24, 2.45) is 5.10 Å². The molecule has 0 aliphatic heterocycles. The number of nitrogens with zero attached hydrogens (tertiary/aromatic N) is 1. The molecule has 2 aromatic carbocycles. The Labute approximate surface area is 129 Å². The summed E-state index contributed by atoms with van der Waals surface area (Å²) in [6, 6.07) is 11.3. The van der Waals surface area contributed by atoms with Crippen LogP contribution in [0.15, 0.2) is 53.6 Å². The smallest absolute Gasteiger partial charge is 0.277 e. The Kier molecular flexibility index (Phi) is 4.75. The molecule has 2 aromatic rings. The molecule has 7 heteroatoms. The number of hydrogen-bond acceptors (Lipinski definition) is 2. The Balaban J connectivity index is 2.17. The highest BCUT2D eigenvalue weighted by Gasteiger charge is 2.30. The monoisotopic (exact) mass is 332 g/mol. The average molecular weight is 333 g/mol. The van der Waals surface area contributed by atoms with Gasteiger partial charge in [0.1, 0.15) is 0 Å². The quantitative estimate of drug-likeness (QED) is 0.592. The first-order chi connectivity index (χ1) is 9.86. The van der Waals surface area contributed by atoms with Gasteiger partial charge in [-0.2, -0.15) is 18.3 Å². The molecular formula is C14H9Cl2F3N2. The van der Waals surface area contributed by atoms with Crippen LogP contribution in [0.4, 0.5) is 18.9 Å². The maximum atomic E-state index is 12.6. The highest BCUT2D eigenvalue weighted by Crippen LogP contribution is 2.29. The lowest BCUT2D eigenvalue weighted by atomic mass is 10.1. The summed E-state index contributed by atoms with van der Waals surface area (Å²) in [5.41, 5.74) is 2.66. The van der Waals surface area contributed by atoms with Crippen molar-refractivity contribution < 1.29 is 13.2 Å². The van der Waals surface area contributed by atoms with Gasteiger partial charge in [0.05, 0.1) is 11.3 Å². The molecule has 21 heavy (non-hydrogen) atoms. The molecule has 110 valence electrons. The van der Waals surface area contributed by atoms with Crippen molar-refractivity contribution in [3.05, 3.63) is 64.7 Å². The summed E-state index contributed by atoms with van der Waals surface area (Å²) in [5.74, 6) is 0. The van der Waals surface area contributed by atoms with Crippen molar-refractivity contribution in [3.8, 4) is 0 Å². The third-order valence-corrected chi connectivity index (χ3v) is 3.11. The Morgan fingerprint density at radius 1 is 1.05 bits per heavy atom. The second kappa shape index (κ2) is 6.37. The van der Waals surface area contributed by atoms with Crippen LogP contribution in [0.2, 0.25) is 5.02 Å². The molecule has 0 heterocycles. The molecule has 0 saturated heterocycles. The summed E-state index contributed by atoms with van der Waals surface area (Å²) in [6.45, 7) is 0. The van der Waals surface area contributed by atoms with Crippen molar-refractivity contribution in [1.29, 1.82) is 0 Å². The van der Waals surface area contributed by atoms with Crippen LogP contribution in [0, 0.1) is 0 Å². The second-order valence-corrected chi connectivity index (χ2v) is 4.89. The van der Waals surface area contributed by atoms with Crippen LogP contribution in [-0.4, -0.2) is 5.17 Å². The summed E-state index contributed by atoms with van der Waals surface area (Å²) in [6.07, 6.45) is -4.42. The van der Waals surface area contributed by atoms with E-state index in [9.17, 15) is 13.2 Å². The number of rotatable bonds is 3. The molecule has 0 amide bonds. The van der Waals surface area contributed by atoms with E-state index in [4.69, 9.17) is 23.2 Å². The molecule has 1 N–H and O–H groups in total. The molecule has 0 fully saturated rings. The number of halogens is 5. The van der Waals surface area contributed by atoms with Gasteiger partial charge in [0.15, 0.2) is 5.17 Å². The first-order valence-corrected chi connectivity index (χ1v) is 6.54. The topological polar surface area (TPSA) is 24.4 Å². The third kappa shape index (κ3) is 4.37. The third-order valence-electron chi connectivity index (χ3n) is 2.56. The molecule has 0 aromatic heterocycles. The van der Waals surface area contributed by atoms with Crippen LogP contribution in [0.5, 0.6) is 0 Å². The van der Waals surface area contributed by atoms with Gasteiger partial charge < -0.3 is 0 Å². The zero-order chi connectivity index (χ0) is 15.5. The Bertz CT molecular complexity index is 652. The highest BCUT2D eigenvalue weighted by molar-refractivity contribution is 6.69. The summed E-state index contributed by atoms with van der Waals surface area (Å²) < 4.78 is 37.8. The van der Waals surface area contributed by atoms with E-state index in [1.54, 1.807) is 24.3 Å². The summed E-state index contributed by atoms with van der Waals surface area (Å²) in [7, 11) is 0. The molecule has 2 rings (SSSR count). The molecule has 0 atom stereocenters. The fraction of sp³-hybridized carbons (Fsp3) is 0.0714. The largest absolute Gasteiger partial charge is 0.416 e. The SMILES string of the molecule is FC(F)(F)c1cccc(C(Cl)=NNc2ccc(Cl)cc2)c1. The van der Waals surface area contributed by atoms with Gasteiger partial charge in [-0.25, -0.2) is 0 Å². The predicted octanol–water partition coefficient (Wildman–Crippen LogP) is 5.37. The molecule has 0 spiro atoms. The maximum absolute atomic E-state index is 12.6. The standard InChI is InChI=1S/C14H9Cl2F3N2/c15-11-4-6-12(7-5-11)20-21-13(16)9-2-1-3-10(8-9)14(17,18)19/h1-8,20H. The zero-order valence-electron chi connectivity index (χ0n) is 10.5. The molecular weight excluding hydrogens is 324 g/mol. The van der Waals surface area contributed by atoms with Gasteiger partial charge in [0, 0.05) is 10.6 Å². The van der Waals surface area contributed by atoms with Gasteiger partial charge in [0.25, 0.3) is 0 Å². The lowest BCUT2D eigenvalue weighted by Crippen LogP contribution is -2.06. The Morgan fingerprint density at radius 2 is 1.71 bits per heavy atom. The van der Waals surface area contributed by atoms with E-state index >= 15 is 0 Å². The van der Waals surface area contributed by atoms with E-state index in [0.717, 1.165) is 12.1 Å². The lowest BCUT2D eigenvalue weighted by Gasteiger charge is -2.08. The number of nitrogens with one attached hydrogen (secondary N) is 1. The van der Waals surface area contributed by atoms with E-state index in [0.29, 0.717) is 10.7 Å². The molecule has 0 unspecified atom stereocenters. The fourth-order valence-electron chi connectivity index (χ4n) is 1.53. The number of benzene rings is 2. The summed E-state index contributed by atoms with van der Waals surface area (Å²) >= 11 is 11.6. The van der Waals surface area contributed by atoms with Crippen LogP contribution in [0.25, 0.3) is 0 Å². The summed E-state index contributed by atoms with van der Waals surface area (Å²) in [4.78, 5) is 0. The zero-order valence-corrected chi connectivity index (χ0v) is 12.0. The van der Waals surface area contributed by atoms with Gasteiger partial charge >= 0.3 is 6.18 Å². The van der Waals surface area contributed by atoms with Crippen LogP contribution in [-0.2, 0) is 6.18 Å². The first kappa shape index (κ1) is 15.7. The van der Waals surface area contributed by atoms with Crippen LogP contribution < -0.4 is 5.43 Å². The van der Waals surface area contributed by atoms with Crippen molar-refractivity contribution >= 4 is 34.1 Å². The Hall–Kier alpha value is -1.72. The fourth-order valence-corrected chi connectivity index (χ4v) is 1.81. The van der Waals surface area contributed by atoms with Gasteiger partial charge in [-0.15, -0.1) is 0 Å². The average Bonchev–Trinajstić information content (AvgIpc) is 2.45. The number of alkyl halides is 3. The minimum absolute atomic E-state index is 0.0731. The van der Waals surface area contributed by atoms with Crippen LogP contribution in [0.3, 0.4) is 0 Å². The molecule has 0 bridgehead atoms. The molecule has 0 aliphatic carbocycles. The molecule has 0 aliphatic rings. The second-order valence-electron chi connectivity index (χ2n) is 4.10. The number of hydrazone groups is 1. The van der Waals surface area contributed by atoms with Gasteiger partial charge in [-0.05, 0) is 36.4 Å². The van der Waals surface area contributed by atoms with Crippen molar-refractivity contribution in [2.45, 2.75) is 6.18 Å². The van der Waals surface area contributed by atoms with Gasteiger partial charge in [-0.1, -0.05) is 35.3 Å². The number of hydrogen-bond donors (Lipinski definition) is 1. The van der Waals surface area contributed by atoms with Crippen molar-refractivity contribution in [1.82, 2.24) is 0 Å². The van der Waals surface area contributed by atoms with E-state index in [-0.39, 0.29) is 10.7 Å². The normalized spacial score (nSPS) is 12.3. The van der Waals surface area contributed by atoms with E-state index in [2.05, 4.69) is 10.5 Å². The minimum Gasteiger partial charge on any atom is -0.277 e. The van der Waals surface area contributed by atoms with Crippen molar-refractivity contribution in [2.75, 3.05) is 5.43 Å². The minimum atomic E-state index is -4.42. The lowest BCUT2D eigenvalue weighted by molar-refractivity contribution is -0.137. The first-order valence-electron chi connectivity index (χ1n) is 5.78. The predicted molar refractivity (Wildman–Crippen MR) is 78.9 cm³/mol.